The van der Waals surface area contributed by atoms with E-state index in [0.29, 0.717) is 5.69 Å². The van der Waals surface area contributed by atoms with Crippen molar-refractivity contribution in [2.75, 3.05) is 19.0 Å². The number of pyridine rings is 1. The number of hydrogen-bond donors (Lipinski definition) is 2. The lowest BCUT2D eigenvalue weighted by atomic mass is 10.2. The Morgan fingerprint density at radius 2 is 2.32 bits per heavy atom. The molecule has 1 amide bonds. The Hall–Kier alpha value is -1.62. The average Bonchev–Trinajstić information content (AvgIpc) is 2.87. The monoisotopic (exact) mass is 263 g/mol. The summed E-state index contributed by atoms with van der Waals surface area (Å²) in [4.78, 5) is 16.3. The molecule has 1 aromatic rings. The molecule has 1 aromatic heterocycles. The second-order valence-corrected chi connectivity index (χ2v) is 4.75. The maximum absolute atomic E-state index is 12.1. The molecule has 1 heterocycles. The summed E-state index contributed by atoms with van der Waals surface area (Å²) >= 11 is 0. The highest BCUT2D eigenvalue weighted by atomic mass is 16.5. The van der Waals surface area contributed by atoms with Crippen molar-refractivity contribution in [3.8, 4) is 0 Å². The van der Waals surface area contributed by atoms with E-state index in [1.807, 2.05) is 13.0 Å². The molecule has 0 saturated heterocycles. The molecule has 2 unspecified atom stereocenters. The van der Waals surface area contributed by atoms with Gasteiger partial charge in [-0.3, -0.25) is 4.79 Å². The van der Waals surface area contributed by atoms with Gasteiger partial charge in [0, 0.05) is 13.7 Å². The number of hydrogen-bond acceptors (Lipinski definition) is 4. The van der Waals surface area contributed by atoms with E-state index in [-0.39, 0.29) is 18.1 Å². The fourth-order valence-corrected chi connectivity index (χ4v) is 2.45. The Bertz CT molecular complexity index is 419. The van der Waals surface area contributed by atoms with Crippen LogP contribution in [0.1, 0.15) is 36.7 Å². The summed E-state index contributed by atoms with van der Waals surface area (Å²) in [5, 5.41) is 6.15. The Labute approximate surface area is 113 Å². The van der Waals surface area contributed by atoms with Crippen molar-refractivity contribution in [3.63, 3.8) is 0 Å². The molecule has 0 radical (unpaired) electrons. The van der Waals surface area contributed by atoms with Crippen LogP contribution in [-0.4, -0.2) is 36.7 Å². The minimum atomic E-state index is -0.128. The Morgan fingerprint density at radius 1 is 1.47 bits per heavy atom. The van der Waals surface area contributed by atoms with Gasteiger partial charge < -0.3 is 15.4 Å². The standard InChI is InChI=1S/C14H21N3O2/c1-3-15-10-7-8-12(16-9-10)14(18)17-11-5-4-6-13(11)19-2/h7-9,11,13,15H,3-6H2,1-2H3,(H,17,18). The molecule has 2 atom stereocenters. The minimum Gasteiger partial charge on any atom is -0.384 e. The van der Waals surface area contributed by atoms with Crippen LogP contribution in [0.3, 0.4) is 0 Å². The predicted octanol–water partition coefficient (Wildman–Crippen LogP) is 1.81. The van der Waals surface area contributed by atoms with Crippen LogP contribution in [0.25, 0.3) is 0 Å². The number of amides is 1. The number of anilines is 1. The van der Waals surface area contributed by atoms with Gasteiger partial charge in [0.25, 0.3) is 5.91 Å². The molecule has 1 saturated carbocycles. The molecule has 5 heteroatoms. The molecule has 0 spiro atoms. The first-order valence-electron chi connectivity index (χ1n) is 6.78. The lowest BCUT2D eigenvalue weighted by molar-refractivity contribution is 0.0719. The van der Waals surface area contributed by atoms with Gasteiger partial charge in [-0.25, -0.2) is 4.98 Å². The van der Waals surface area contributed by atoms with Gasteiger partial charge in [0.2, 0.25) is 0 Å². The lowest BCUT2D eigenvalue weighted by Crippen LogP contribution is -2.41. The van der Waals surface area contributed by atoms with E-state index in [1.165, 1.54) is 0 Å². The minimum absolute atomic E-state index is 0.104. The summed E-state index contributed by atoms with van der Waals surface area (Å²) in [6, 6.07) is 3.71. The Kier molecular flexibility index (Phi) is 4.74. The number of aromatic nitrogens is 1. The molecule has 2 N–H and O–H groups in total. The van der Waals surface area contributed by atoms with Crippen LogP contribution < -0.4 is 10.6 Å². The summed E-state index contributed by atoms with van der Waals surface area (Å²) in [5.41, 5.74) is 1.37. The lowest BCUT2D eigenvalue weighted by Gasteiger charge is -2.19. The summed E-state index contributed by atoms with van der Waals surface area (Å²) in [7, 11) is 1.69. The maximum Gasteiger partial charge on any atom is 0.270 e. The van der Waals surface area contributed by atoms with Crippen LogP contribution in [-0.2, 0) is 4.74 Å². The normalized spacial score (nSPS) is 22.2. The summed E-state index contributed by atoms with van der Waals surface area (Å²) < 4.78 is 5.37. The fourth-order valence-electron chi connectivity index (χ4n) is 2.45. The zero-order valence-corrected chi connectivity index (χ0v) is 11.5. The molecule has 1 aliphatic rings. The molecule has 1 aliphatic carbocycles. The third-order valence-corrected chi connectivity index (χ3v) is 3.45. The van der Waals surface area contributed by atoms with Crippen molar-refractivity contribution < 1.29 is 9.53 Å². The smallest absolute Gasteiger partial charge is 0.270 e. The average molecular weight is 263 g/mol. The number of carbonyl (C=O) groups is 1. The first-order chi connectivity index (χ1) is 9.24. The molecule has 5 nitrogen and oxygen atoms in total. The topological polar surface area (TPSA) is 63.2 Å². The molecule has 1 fully saturated rings. The van der Waals surface area contributed by atoms with Crippen molar-refractivity contribution in [2.24, 2.45) is 0 Å². The van der Waals surface area contributed by atoms with E-state index in [2.05, 4.69) is 15.6 Å². The van der Waals surface area contributed by atoms with E-state index in [4.69, 9.17) is 4.74 Å². The van der Waals surface area contributed by atoms with Crippen LogP contribution in [0.5, 0.6) is 0 Å². The van der Waals surface area contributed by atoms with Gasteiger partial charge in [0.05, 0.1) is 24.0 Å². The van der Waals surface area contributed by atoms with E-state index >= 15 is 0 Å². The van der Waals surface area contributed by atoms with Gasteiger partial charge in [-0.1, -0.05) is 0 Å². The third-order valence-electron chi connectivity index (χ3n) is 3.45. The first kappa shape index (κ1) is 13.8. The van der Waals surface area contributed by atoms with Gasteiger partial charge >= 0.3 is 0 Å². The maximum atomic E-state index is 12.1. The molecule has 0 aliphatic heterocycles. The zero-order valence-electron chi connectivity index (χ0n) is 11.5. The number of rotatable bonds is 5. The Morgan fingerprint density at radius 3 is 2.95 bits per heavy atom. The summed E-state index contributed by atoms with van der Waals surface area (Å²) in [5.74, 6) is -0.128. The second kappa shape index (κ2) is 6.52. The number of nitrogens with one attached hydrogen (secondary N) is 2. The molecule has 2 rings (SSSR count). The van der Waals surface area contributed by atoms with Crippen LogP contribution >= 0.6 is 0 Å². The highest BCUT2D eigenvalue weighted by Crippen LogP contribution is 2.21. The van der Waals surface area contributed by atoms with Crippen molar-refractivity contribution in [1.82, 2.24) is 10.3 Å². The number of methoxy groups -OCH3 is 1. The van der Waals surface area contributed by atoms with Gasteiger partial charge in [-0.15, -0.1) is 0 Å². The van der Waals surface area contributed by atoms with Crippen LogP contribution in [0, 0.1) is 0 Å². The van der Waals surface area contributed by atoms with Gasteiger partial charge in [0.15, 0.2) is 0 Å². The van der Waals surface area contributed by atoms with Crippen LogP contribution in [0.2, 0.25) is 0 Å². The molecular formula is C14H21N3O2. The van der Waals surface area contributed by atoms with E-state index in [1.54, 1.807) is 19.4 Å². The van der Waals surface area contributed by atoms with Crippen molar-refractivity contribution in [1.29, 1.82) is 0 Å². The molecular weight excluding hydrogens is 242 g/mol. The highest BCUT2D eigenvalue weighted by Gasteiger charge is 2.28. The summed E-state index contributed by atoms with van der Waals surface area (Å²) in [6.07, 6.45) is 4.88. The third kappa shape index (κ3) is 3.44. The van der Waals surface area contributed by atoms with E-state index in [9.17, 15) is 4.79 Å². The fraction of sp³-hybridized carbons (Fsp3) is 0.571. The summed E-state index contributed by atoms with van der Waals surface area (Å²) in [6.45, 7) is 2.86. The Balaban J connectivity index is 1.95. The quantitative estimate of drug-likeness (QED) is 0.850. The zero-order chi connectivity index (χ0) is 13.7. The largest absolute Gasteiger partial charge is 0.384 e. The second-order valence-electron chi connectivity index (χ2n) is 4.75. The van der Waals surface area contributed by atoms with Crippen molar-refractivity contribution in [3.05, 3.63) is 24.0 Å². The molecule has 0 aromatic carbocycles. The first-order valence-corrected chi connectivity index (χ1v) is 6.78. The van der Waals surface area contributed by atoms with Crippen LogP contribution in [0.15, 0.2) is 18.3 Å². The number of carbonyl (C=O) groups excluding carboxylic acids is 1. The SMILES string of the molecule is CCNc1ccc(C(=O)NC2CCCC2OC)nc1. The molecule has 104 valence electrons. The van der Waals surface area contributed by atoms with E-state index < -0.39 is 0 Å². The van der Waals surface area contributed by atoms with Crippen molar-refractivity contribution >= 4 is 11.6 Å². The van der Waals surface area contributed by atoms with E-state index in [0.717, 1.165) is 31.5 Å². The van der Waals surface area contributed by atoms with Gasteiger partial charge in [0.1, 0.15) is 5.69 Å². The predicted molar refractivity (Wildman–Crippen MR) is 74.3 cm³/mol. The number of ether oxygens (including phenoxy) is 1. The van der Waals surface area contributed by atoms with Crippen molar-refractivity contribution in [2.45, 2.75) is 38.3 Å². The molecule has 0 bridgehead atoms. The van der Waals surface area contributed by atoms with Gasteiger partial charge in [-0.2, -0.15) is 0 Å². The highest BCUT2D eigenvalue weighted by molar-refractivity contribution is 5.92. The van der Waals surface area contributed by atoms with Gasteiger partial charge in [-0.05, 0) is 38.3 Å². The van der Waals surface area contributed by atoms with Crippen LogP contribution in [0.4, 0.5) is 5.69 Å². The number of nitrogens with zero attached hydrogens (tertiary/aromatic N) is 1. The molecule has 19 heavy (non-hydrogen) atoms.